The maximum absolute atomic E-state index is 9.72. The number of hydrogen-bond donors (Lipinski definition) is 2. The van der Waals surface area contributed by atoms with Crippen molar-refractivity contribution < 1.29 is 19.7 Å². The number of aliphatic imine (C=N–C) groups is 2. The molecule has 8 heteroatoms. The molecule has 4 aromatic carbocycles. The SMILES string of the molecule is COc1ccc(O)c(C=Nc2ccccc2C#N)c1.COc1ccc(O)c(C=Nc2ccccc2C#N)c1. The number of ether oxygens (including phenoxy) is 2. The molecule has 0 radical (unpaired) electrons. The van der Waals surface area contributed by atoms with Crippen molar-refractivity contribution in [3.05, 3.63) is 107 Å². The zero-order valence-corrected chi connectivity index (χ0v) is 20.7. The van der Waals surface area contributed by atoms with Crippen LogP contribution in [0, 0.1) is 22.7 Å². The van der Waals surface area contributed by atoms with E-state index in [0.717, 1.165) is 0 Å². The second kappa shape index (κ2) is 13.5. The summed E-state index contributed by atoms with van der Waals surface area (Å²) in [5.74, 6) is 1.48. The lowest BCUT2D eigenvalue weighted by molar-refractivity contribution is 0.412. The normalized spacial score (nSPS) is 10.3. The summed E-state index contributed by atoms with van der Waals surface area (Å²) in [5, 5.41) is 37.4. The van der Waals surface area contributed by atoms with Crippen molar-refractivity contribution in [3.63, 3.8) is 0 Å². The van der Waals surface area contributed by atoms with Gasteiger partial charge in [-0.2, -0.15) is 10.5 Å². The summed E-state index contributed by atoms with van der Waals surface area (Å²) in [6, 6.07) is 27.9. The zero-order chi connectivity index (χ0) is 27.3. The van der Waals surface area contributed by atoms with Gasteiger partial charge in [0, 0.05) is 23.6 Å². The molecule has 0 spiro atoms. The maximum Gasteiger partial charge on any atom is 0.124 e. The number of methoxy groups -OCH3 is 2. The first-order valence-electron chi connectivity index (χ1n) is 11.3. The summed E-state index contributed by atoms with van der Waals surface area (Å²) < 4.78 is 10.2. The van der Waals surface area contributed by atoms with Crippen molar-refractivity contribution in [2.45, 2.75) is 0 Å². The molecule has 0 aliphatic carbocycles. The molecule has 2 N–H and O–H groups in total. The molecule has 188 valence electrons. The van der Waals surface area contributed by atoms with Gasteiger partial charge in [-0.1, -0.05) is 24.3 Å². The Morgan fingerprint density at radius 2 is 1.03 bits per heavy atom. The van der Waals surface area contributed by atoms with Gasteiger partial charge < -0.3 is 19.7 Å². The van der Waals surface area contributed by atoms with E-state index in [1.807, 2.05) is 0 Å². The maximum atomic E-state index is 9.72. The average Bonchev–Trinajstić information content (AvgIpc) is 2.97. The highest BCUT2D eigenvalue weighted by molar-refractivity contribution is 5.87. The zero-order valence-electron chi connectivity index (χ0n) is 20.7. The Bertz CT molecular complexity index is 1430. The lowest BCUT2D eigenvalue weighted by atomic mass is 10.2. The van der Waals surface area contributed by atoms with Crippen molar-refractivity contribution in [2.75, 3.05) is 14.2 Å². The third-order valence-corrected chi connectivity index (χ3v) is 5.20. The molecule has 4 aromatic rings. The topological polar surface area (TPSA) is 131 Å². The highest BCUT2D eigenvalue weighted by atomic mass is 16.5. The average molecular weight is 505 g/mol. The Morgan fingerprint density at radius 1 is 0.632 bits per heavy atom. The summed E-state index contributed by atoms with van der Waals surface area (Å²) in [4.78, 5) is 8.44. The highest BCUT2D eigenvalue weighted by Gasteiger charge is 2.03. The second-order valence-corrected chi connectivity index (χ2v) is 7.62. The molecule has 4 rings (SSSR count). The van der Waals surface area contributed by atoms with Gasteiger partial charge in [-0.15, -0.1) is 0 Å². The van der Waals surface area contributed by atoms with Crippen molar-refractivity contribution in [2.24, 2.45) is 9.98 Å². The third kappa shape index (κ3) is 7.20. The fourth-order valence-electron chi connectivity index (χ4n) is 3.17. The Morgan fingerprint density at radius 3 is 1.39 bits per heavy atom. The van der Waals surface area contributed by atoms with Crippen LogP contribution in [0.1, 0.15) is 22.3 Å². The number of benzene rings is 4. The minimum absolute atomic E-state index is 0.110. The van der Waals surface area contributed by atoms with E-state index in [0.29, 0.717) is 45.1 Å². The predicted molar refractivity (Wildman–Crippen MR) is 146 cm³/mol. The molecular weight excluding hydrogens is 480 g/mol. The van der Waals surface area contributed by atoms with Crippen LogP contribution in [-0.4, -0.2) is 36.9 Å². The van der Waals surface area contributed by atoms with E-state index >= 15 is 0 Å². The Hall–Kier alpha value is -5.60. The first kappa shape index (κ1) is 27.0. The summed E-state index contributed by atoms with van der Waals surface area (Å²) in [6.07, 6.45) is 3.02. The van der Waals surface area contributed by atoms with Gasteiger partial charge in [0.2, 0.25) is 0 Å². The molecule has 38 heavy (non-hydrogen) atoms. The van der Waals surface area contributed by atoms with Crippen LogP contribution in [0.15, 0.2) is 94.9 Å². The number of nitrogens with zero attached hydrogens (tertiary/aromatic N) is 4. The third-order valence-electron chi connectivity index (χ3n) is 5.20. The molecule has 0 aliphatic rings. The summed E-state index contributed by atoms with van der Waals surface area (Å²) >= 11 is 0. The van der Waals surface area contributed by atoms with Crippen LogP contribution >= 0.6 is 0 Å². The number of phenols is 2. The number of nitriles is 2. The molecule has 0 fully saturated rings. The van der Waals surface area contributed by atoms with Gasteiger partial charge in [-0.3, -0.25) is 9.98 Å². The van der Waals surface area contributed by atoms with Gasteiger partial charge in [0.1, 0.15) is 35.1 Å². The van der Waals surface area contributed by atoms with Crippen LogP contribution < -0.4 is 9.47 Å². The molecule has 0 saturated heterocycles. The van der Waals surface area contributed by atoms with Crippen LogP contribution in [0.3, 0.4) is 0 Å². The van der Waals surface area contributed by atoms with Crippen LogP contribution in [0.2, 0.25) is 0 Å². The lowest BCUT2D eigenvalue weighted by Crippen LogP contribution is -1.87. The predicted octanol–water partition coefficient (Wildman–Crippen LogP) is 6.05. The Kier molecular flexibility index (Phi) is 9.58. The van der Waals surface area contributed by atoms with Crippen LogP contribution in [0.25, 0.3) is 0 Å². The fourth-order valence-corrected chi connectivity index (χ4v) is 3.17. The van der Waals surface area contributed by atoms with E-state index in [4.69, 9.17) is 20.0 Å². The van der Waals surface area contributed by atoms with E-state index < -0.39 is 0 Å². The van der Waals surface area contributed by atoms with E-state index in [1.54, 1.807) is 87.0 Å². The lowest BCUT2D eigenvalue weighted by Gasteiger charge is -2.03. The Labute approximate surface area is 220 Å². The number of phenolic OH excluding ortho intramolecular Hbond substituents is 2. The molecule has 0 aromatic heterocycles. The quantitative estimate of drug-likeness (QED) is 0.308. The minimum Gasteiger partial charge on any atom is -0.507 e. The number of para-hydroxylation sites is 2. The van der Waals surface area contributed by atoms with Gasteiger partial charge in [0.05, 0.1) is 36.7 Å². The monoisotopic (exact) mass is 504 g/mol. The molecule has 0 unspecified atom stereocenters. The first-order valence-corrected chi connectivity index (χ1v) is 11.3. The number of aromatic hydroxyl groups is 2. The van der Waals surface area contributed by atoms with Gasteiger partial charge in [0.15, 0.2) is 0 Å². The van der Waals surface area contributed by atoms with Crippen molar-refractivity contribution in [1.82, 2.24) is 0 Å². The largest absolute Gasteiger partial charge is 0.507 e. The van der Waals surface area contributed by atoms with Crippen molar-refractivity contribution in [1.29, 1.82) is 10.5 Å². The van der Waals surface area contributed by atoms with Crippen molar-refractivity contribution >= 4 is 23.8 Å². The molecule has 0 aliphatic heterocycles. The fraction of sp³-hybridized carbons (Fsp3) is 0.0667. The molecule has 0 heterocycles. The second-order valence-electron chi connectivity index (χ2n) is 7.62. The first-order chi connectivity index (χ1) is 18.5. The summed E-state index contributed by atoms with van der Waals surface area (Å²) in [6.45, 7) is 0. The van der Waals surface area contributed by atoms with Gasteiger partial charge in [-0.25, -0.2) is 0 Å². The van der Waals surface area contributed by atoms with Crippen LogP contribution in [0.5, 0.6) is 23.0 Å². The van der Waals surface area contributed by atoms with Crippen LogP contribution in [0.4, 0.5) is 11.4 Å². The molecule has 0 amide bonds. The number of hydrogen-bond acceptors (Lipinski definition) is 8. The van der Waals surface area contributed by atoms with E-state index in [2.05, 4.69) is 22.1 Å². The molecule has 8 nitrogen and oxygen atoms in total. The van der Waals surface area contributed by atoms with Gasteiger partial charge in [-0.05, 0) is 60.7 Å². The minimum atomic E-state index is 0.110. The van der Waals surface area contributed by atoms with E-state index in [1.165, 1.54) is 24.6 Å². The molecule has 0 bridgehead atoms. The summed E-state index contributed by atoms with van der Waals surface area (Å²) in [7, 11) is 3.11. The van der Waals surface area contributed by atoms with Gasteiger partial charge in [0.25, 0.3) is 0 Å². The standard InChI is InChI=1S/2C15H12N2O2/c2*1-19-13-6-7-15(18)12(8-13)10-17-14-5-3-2-4-11(14)9-16/h2*2-8,10,18H,1H3. The van der Waals surface area contributed by atoms with Crippen LogP contribution in [-0.2, 0) is 0 Å². The summed E-state index contributed by atoms with van der Waals surface area (Å²) in [5.41, 5.74) is 3.17. The van der Waals surface area contributed by atoms with E-state index in [9.17, 15) is 10.2 Å². The molecule has 0 atom stereocenters. The number of rotatable bonds is 6. The molecule has 0 saturated carbocycles. The van der Waals surface area contributed by atoms with Crippen molar-refractivity contribution in [3.8, 4) is 35.1 Å². The van der Waals surface area contributed by atoms with Gasteiger partial charge >= 0.3 is 0 Å². The Balaban J connectivity index is 0.000000211. The van der Waals surface area contributed by atoms with E-state index in [-0.39, 0.29) is 11.5 Å². The molecular formula is C30H24N4O4. The smallest absolute Gasteiger partial charge is 0.124 e. The highest BCUT2D eigenvalue weighted by Crippen LogP contribution is 2.24.